The van der Waals surface area contributed by atoms with Gasteiger partial charge in [0.1, 0.15) is 0 Å². The number of rotatable bonds is 2. The molecule has 18 heavy (non-hydrogen) atoms. The SMILES string of the molecule is CCCS(=O)(=O)O.O=S(=O)(O)O.c1ccncc1. The number of hydrogen-bond donors (Lipinski definition) is 3. The van der Waals surface area contributed by atoms with E-state index in [1.807, 2.05) is 18.2 Å². The molecule has 0 bridgehead atoms. The second-order valence-corrected chi connectivity index (χ2v) is 5.23. The molecule has 0 saturated heterocycles. The lowest BCUT2D eigenvalue weighted by Gasteiger charge is -1.85. The Bertz CT molecular complexity index is 449. The first-order chi connectivity index (χ1) is 8.06. The van der Waals surface area contributed by atoms with E-state index in [9.17, 15) is 8.42 Å². The van der Waals surface area contributed by atoms with Gasteiger partial charge in [-0.3, -0.25) is 18.6 Å². The Kier molecular flexibility index (Phi) is 10.6. The van der Waals surface area contributed by atoms with E-state index in [4.69, 9.17) is 22.1 Å². The van der Waals surface area contributed by atoms with Crippen LogP contribution >= 0.6 is 0 Å². The third-order valence-corrected chi connectivity index (χ3v) is 1.95. The first-order valence-electron chi connectivity index (χ1n) is 4.56. The molecule has 0 radical (unpaired) electrons. The topological polar surface area (TPSA) is 142 Å². The molecule has 106 valence electrons. The minimum absolute atomic E-state index is 0.132. The first-order valence-corrected chi connectivity index (χ1v) is 7.57. The molecule has 1 heterocycles. The van der Waals surface area contributed by atoms with E-state index < -0.39 is 20.5 Å². The molecule has 0 unspecified atom stereocenters. The van der Waals surface area contributed by atoms with E-state index in [-0.39, 0.29) is 5.75 Å². The Morgan fingerprint density at radius 2 is 1.33 bits per heavy atom. The number of hydrogen-bond acceptors (Lipinski definition) is 5. The summed E-state index contributed by atoms with van der Waals surface area (Å²) in [7, 11) is -8.34. The quantitative estimate of drug-likeness (QED) is 0.678. The number of aromatic nitrogens is 1. The minimum atomic E-state index is -4.67. The predicted molar refractivity (Wildman–Crippen MR) is 65.1 cm³/mol. The van der Waals surface area contributed by atoms with E-state index in [1.165, 1.54) is 0 Å². The van der Waals surface area contributed by atoms with Crippen LogP contribution in [0.3, 0.4) is 0 Å². The van der Waals surface area contributed by atoms with E-state index in [1.54, 1.807) is 19.3 Å². The van der Waals surface area contributed by atoms with Crippen molar-refractivity contribution in [3.8, 4) is 0 Å². The van der Waals surface area contributed by atoms with E-state index in [2.05, 4.69) is 4.98 Å². The van der Waals surface area contributed by atoms with Gasteiger partial charge >= 0.3 is 10.4 Å². The summed E-state index contributed by atoms with van der Waals surface area (Å²) in [5, 5.41) is 0. The minimum Gasteiger partial charge on any atom is -0.286 e. The summed E-state index contributed by atoms with van der Waals surface area (Å²) in [5.41, 5.74) is 0. The molecule has 10 heteroatoms. The van der Waals surface area contributed by atoms with Gasteiger partial charge in [-0.05, 0) is 18.6 Å². The highest BCUT2D eigenvalue weighted by Crippen LogP contribution is 1.83. The zero-order valence-electron chi connectivity index (χ0n) is 9.54. The average Bonchev–Trinajstić information content (AvgIpc) is 2.16. The molecule has 0 saturated carbocycles. The van der Waals surface area contributed by atoms with Crippen molar-refractivity contribution in [2.24, 2.45) is 0 Å². The molecule has 0 fully saturated rings. The third-order valence-electron chi connectivity index (χ3n) is 1.03. The molecule has 0 atom stereocenters. The van der Waals surface area contributed by atoms with Crippen LogP contribution in [-0.4, -0.2) is 41.2 Å². The monoisotopic (exact) mass is 301 g/mol. The Morgan fingerprint density at radius 1 is 0.944 bits per heavy atom. The van der Waals surface area contributed by atoms with Crippen molar-refractivity contribution in [1.29, 1.82) is 0 Å². The van der Waals surface area contributed by atoms with Crippen LogP contribution in [0.2, 0.25) is 0 Å². The molecule has 3 N–H and O–H groups in total. The summed E-state index contributed by atoms with van der Waals surface area (Å²) in [6, 6.07) is 5.72. The van der Waals surface area contributed by atoms with Crippen molar-refractivity contribution in [2.75, 3.05) is 5.75 Å². The predicted octanol–water partition coefficient (Wildman–Crippen LogP) is 0.713. The van der Waals surface area contributed by atoms with Crippen molar-refractivity contribution in [3.63, 3.8) is 0 Å². The summed E-state index contributed by atoms with van der Waals surface area (Å²) >= 11 is 0. The molecule has 1 rings (SSSR count). The molecule has 0 aromatic carbocycles. The van der Waals surface area contributed by atoms with Crippen molar-refractivity contribution in [3.05, 3.63) is 30.6 Å². The van der Waals surface area contributed by atoms with Gasteiger partial charge in [0.2, 0.25) is 0 Å². The van der Waals surface area contributed by atoms with Gasteiger partial charge in [-0.25, -0.2) is 0 Å². The van der Waals surface area contributed by atoms with Gasteiger partial charge in [-0.2, -0.15) is 16.8 Å². The maximum atomic E-state index is 9.79. The van der Waals surface area contributed by atoms with Gasteiger partial charge in [0.25, 0.3) is 10.1 Å². The fourth-order valence-electron chi connectivity index (χ4n) is 0.571. The fraction of sp³-hybridized carbons (Fsp3) is 0.375. The smallest absolute Gasteiger partial charge is 0.286 e. The maximum Gasteiger partial charge on any atom is 0.394 e. The molecule has 0 aliphatic rings. The van der Waals surface area contributed by atoms with Crippen LogP contribution in [0.4, 0.5) is 0 Å². The molecule has 8 nitrogen and oxygen atoms in total. The van der Waals surface area contributed by atoms with Crippen LogP contribution in [0, 0.1) is 0 Å². The molecule has 1 aromatic heterocycles. The van der Waals surface area contributed by atoms with Crippen molar-refractivity contribution < 1.29 is 30.5 Å². The van der Waals surface area contributed by atoms with Gasteiger partial charge in [-0.1, -0.05) is 13.0 Å². The summed E-state index contributed by atoms with van der Waals surface area (Å²) in [6.45, 7) is 1.69. The molecule has 0 aliphatic heterocycles. The summed E-state index contributed by atoms with van der Waals surface area (Å²) < 4.78 is 59.1. The second-order valence-electron chi connectivity index (χ2n) is 2.76. The normalized spacial score (nSPS) is 10.4. The highest BCUT2D eigenvalue weighted by Gasteiger charge is 1.98. The van der Waals surface area contributed by atoms with Crippen LogP contribution in [0.25, 0.3) is 0 Å². The molecule has 1 aromatic rings. The lowest BCUT2D eigenvalue weighted by atomic mass is 10.5. The van der Waals surface area contributed by atoms with Crippen LogP contribution in [0.1, 0.15) is 13.3 Å². The lowest BCUT2D eigenvalue weighted by molar-refractivity contribution is 0.381. The standard InChI is InChI=1S/C5H5N.C3H8O3S.H2O4S/c1-2-4-6-5-3-1;1-2-3-7(4,5)6;1-5(2,3)4/h1-5H;2-3H2,1H3,(H,4,5,6);(H2,1,2,3,4). The Morgan fingerprint density at radius 3 is 1.39 bits per heavy atom. The average molecular weight is 301 g/mol. The largest absolute Gasteiger partial charge is 0.394 e. The van der Waals surface area contributed by atoms with E-state index >= 15 is 0 Å². The van der Waals surface area contributed by atoms with E-state index in [0.29, 0.717) is 6.42 Å². The molecule has 0 spiro atoms. The lowest BCUT2D eigenvalue weighted by Crippen LogP contribution is -2.01. The first kappa shape index (κ1) is 19.3. The van der Waals surface area contributed by atoms with Crippen LogP contribution in [-0.2, 0) is 20.5 Å². The number of pyridine rings is 1. The summed E-state index contributed by atoms with van der Waals surface area (Å²) in [5.74, 6) is -0.132. The van der Waals surface area contributed by atoms with Crippen LogP contribution in [0.5, 0.6) is 0 Å². The highest BCUT2D eigenvalue weighted by atomic mass is 32.3. The highest BCUT2D eigenvalue weighted by molar-refractivity contribution is 7.85. The van der Waals surface area contributed by atoms with Gasteiger partial charge in [-0.15, -0.1) is 0 Å². The van der Waals surface area contributed by atoms with Gasteiger partial charge in [0, 0.05) is 12.4 Å². The molecule has 0 aliphatic carbocycles. The van der Waals surface area contributed by atoms with Crippen LogP contribution in [0.15, 0.2) is 30.6 Å². The molecular formula is C8H15NO7S2. The van der Waals surface area contributed by atoms with Gasteiger partial charge in [0.05, 0.1) is 5.75 Å². The maximum absolute atomic E-state index is 9.79. The third kappa shape index (κ3) is 36.3. The van der Waals surface area contributed by atoms with Crippen molar-refractivity contribution in [1.82, 2.24) is 4.98 Å². The molecular weight excluding hydrogens is 286 g/mol. The van der Waals surface area contributed by atoms with E-state index in [0.717, 1.165) is 0 Å². The molecule has 0 amide bonds. The summed E-state index contributed by atoms with van der Waals surface area (Å²) in [4.78, 5) is 3.78. The van der Waals surface area contributed by atoms with Gasteiger partial charge < -0.3 is 0 Å². The van der Waals surface area contributed by atoms with Crippen molar-refractivity contribution in [2.45, 2.75) is 13.3 Å². The Labute approximate surface area is 106 Å². The van der Waals surface area contributed by atoms with Crippen molar-refractivity contribution >= 4 is 20.5 Å². The number of nitrogens with zero attached hydrogens (tertiary/aromatic N) is 1. The Hall–Kier alpha value is -1.07. The Balaban J connectivity index is 0. The van der Waals surface area contributed by atoms with Gasteiger partial charge in [0.15, 0.2) is 0 Å². The fourth-order valence-corrected chi connectivity index (χ4v) is 1.09. The van der Waals surface area contributed by atoms with Crippen LogP contribution < -0.4 is 0 Å². The second kappa shape index (κ2) is 9.91. The zero-order chi connectivity index (χ0) is 14.7. The zero-order valence-corrected chi connectivity index (χ0v) is 11.2. The summed E-state index contributed by atoms with van der Waals surface area (Å²) in [6.07, 6.45) is 3.97.